The van der Waals surface area contributed by atoms with E-state index in [2.05, 4.69) is 5.32 Å². The molecule has 0 saturated carbocycles. The van der Waals surface area contributed by atoms with E-state index < -0.39 is 17.5 Å². The first-order valence-electron chi connectivity index (χ1n) is 5.70. The molecule has 0 aromatic heterocycles. The van der Waals surface area contributed by atoms with Crippen molar-refractivity contribution < 1.29 is 18.3 Å². The van der Waals surface area contributed by atoms with Crippen LogP contribution in [0, 0.1) is 11.6 Å². The van der Waals surface area contributed by atoms with E-state index in [0.29, 0.717) is 5.69 Å². The summed E-state index contributed by atoms with van der Waals surface area (Å²) in [6, 6.07) is 7.25. The summed E-state index contributed by atoms with van der Waals surface area (Å²) in [5.41, 5.74) is 6.26. The summed E-state index contributed by atoms with van der Waals surface area (Å²) in [5.74, 6) is -1.82. The number of carbonyl (C=O) groups excluding carboxylic acids is 1. The average molecular weight is 278 g/mol. The van der Waals surface area contributed by atoms with E-state index in [4.69, 9.17) is 10.5 Å². The molecule has 0 bridgehead atoms. The highest BCUT2D eigenvalue weighted by molar-refractivity contribution is 6.06. The van der Waals surface area contributed by atoms with Crippen molar-refractivity contribution in [3.63, 3.8) is 0 Å². The largest absolute Gasteiger partial charge is 0.496 e. The number of nitrogens with two attached hydrogens (primary N) is 1. The maximum atomic E-state index is 13.0. The zero-order chi connectivity index (χ0) is 14.7. The number of nitrogens with one attached hydrogen (secondary N) is 1. The lowest BCUT2D eigenvalue weighted by Crippen LogP contribution is -2.13. The van der Waals surface area contributed by atoms with Gasteiger partial charge in [-0.25, -0.2) is 8.78 Å². The predicted octanol–water partition coefficient (Wildman–Crippen LogP) is 2.81. The topological polar surface area (TPSA) is 64.3 Å². The number of amides is 1. The van der Waals surface area contributed by atoms with Crippen LogP contribution in [0.25, 0.3) is 0 Å². The molecule has 2 aromatic rings. The van der Waals surface area contributed by atoms with Crippen LogP contribution in [-0.4, -0.2) is 13.0 Å². The Morgan fingerprint density at radius 2 is 1.80 bits per heavy atom. The van der Waals surface area contributed by atoms with E-state index in [0.717, 1.165) is 18.2 Å². The molecule has 6 heteroatoms. The molecule has 0 fully saturated rings. The van der Waals surface area contributed by atoms with E-state index in [1.807, 2.05) is 0 Å². The Morgan fingerprint density at radius 3 is 2.40 bits per heavy atom. The molecule has 0 saturated heterocycles. The zero-order valence-corrected chi connectivity index (χ0v) is 10.6. The number of benzene rings is 2. The molecule has 0 aliphatic carbocycles. The van der Waals surface area contributed by atoms with Crippen LogP contribution >= 0.6 is 0 Å². The number of halogens is 2. The van der Waals surface area contributed by atoms with Crippen LogP contribution in [0.4, 0.5) is 20.2 Å². The number of nitrogen functional groups attached to an aromatic ring is 1. The summed E-state index contributed by atoms with van der Waals surface area (Å²) in [6.07, 6.45) is 0. The second kappa shape index (κ2) is 5.56. The number of anilines is 2. The van der Waals surface area contributed by atoms with Gasteiger partial charge < -0.3 is 15.8 Å². The Morgan fingerprint density at radius 1 is 1.15 bits per heavy atom. The molecule has 0 spiro atoms. The van der Waals surface area contributed by atoms with Crippen molar-refractivity contribution in [3.8, 4) is 5.75 Å². The Labute approximate surface area is 114 Å². The molecule has 1 amide bonds. The van der Waals surface area contributed by atoms with Gasteiger partial charge in [-0.1, -0.05) is 0 Å². The molecular weight excluding hydrogens is 266 g/mol. The third kappa shape index (κ3) is 3.03. The Balaban J connectivity index is 2.28. The summed E-state index contributed by atoms with van der Waals surface area (Å²) in [7, 11) is 1.40. The van der Waals surface area contributed by atoms with Gasteiger partial charge in [-0.05, 0) is 24.3 Å². The molecule has 4 nitrogen and oxygen atoms in total. The molecule has 0 radical (unpaired) electrons. The smallest absolute Gasteiger partial charge is 0.259 e. The van der Waals surface area contributed by atoms with Crippen molar-refractivity contribution in [2.24, 2.45) is 0 Å². The normalized spacial score (nSPS) is 10.2. The molecule has 2 aromatic carbocycles. The molecule has 3 N–H and O–H groups in total. The predicted molar refractivity (Wildman–Crippen MR) is 71.7 cm³/mol. The maximum absolute atomic E-state index is 13.0. The van der Waals surface area contributed by atoms with E-state index in [1.165, 1.54) is 25.3 Å². The molecule has 104 valence electrons. The van der Waals surface area contributed by atoms with Gasteiger partial charge in [0, 0.05) is 23.5 Å². The second-order valence-electron chi connectivity index (χ2n) is 4.07. The summed E-state index contributed by atoms with van der Waals surface area (Å²) < 4.78 is 31.1. The highest BCUT2D eigenvalue weighted by Gasteiger charge is 2.13. The average Bonchev–Trinajstić information content (AvgIpc) is 2.37. The number of carbonyl (C=O) groups is 1. The van der Waals surface area contributed by atoms with Gasteiger partial charge in [-0.3, -0.25) is 4.79 Å². The number of hydrogen-bond donors (Lipinski definition) is 2. The van der Waals surface area contributed by atoms with E-state index in [-0.39, 0.29) is 17.0 Å². The minimum Gasteiger partial charge on any atom is -0.496 e. The maximum Gasteiger partial charge on any atom is 0.259 e. The van der Waals surface area contributed by atoms with E-state index in [1.54, 1.807) is 0 Å². The number of hydrogen-bond acceptors (Lipinski definition) is 3. The number of ether oxygens (including phenoxy) is 1. The van der Waals surface area contributed by atoms with Crippen LogP contribution in [0.15, 0.2) is 36.4 Å². The van der Waals surface area contributed by atoms with Crippen molar-refractivity contribution in [1.29, 1.82) is 0 Å². The van der Waals surface area contributed by atoms with Gasteiger partial charge in [0.1, 0.15) is 17.4 Å². The van der Waals surface area contributed by atoms with Gasteiger partial charge in [-0.15, -0.1) is 0 Å². The fourth-order valence-corrected chi connectivity index (χ4v) is 1.72. The van der Waals surface area contributed by atoms with Gasteiger partial charge in [-0.2, -0.15) is 0 Å². The quantitative estimate of drug-likeness (QED) is 0.848. The van der Waals surface area contributed by atoms with Crippen LogP contribution in [0.2, 0.25) is 0 Å². The highest BCUT2D eigenvalue weighted by atomic mass is 19.1. The minimum atomic E-state index is -0.774. The van der Waals surface area contributed by atoms with Crippen LogP contribution < -0.4 is 15.8 Å². The standard InChI is InChI=1S/C14H12F2N2O2/c1-20-13-7-10(17)2-3-12(13)14(19)18-11-5-8(15)4-9(16)6-11/h2-7H,17H2,1H3,(H,18,19). The SMILES string of the molecule is COc1cc(N)ccc1C(=O)Nc1cc(F)cc(F)c1. The van der Waals surface area contributed by atoms with Gasteiger partial charge in [0.05, 0.1) is 12.7 Å². The molecule has 0 heterocycles. The van der Waals surface area contributed by atoms with Gasteiger partial charge in [0.25, 0.3) is 5.91 Å². The monoisotopic (exact) mass is 278 g/mol. The van der Waals surface area contributed by atoms with Crippen LogP contribution in [-0.2, 0) is 0 Å². The first kappa shape index (κ1) is 13.8. The van der Waals surface area contributed by atoms with Crippen LogP contribution in [0.5, 0.6) is 5.75 Å². The van der Waals surface area contributed by atoms with E-state index in [9.17, 15) is 13.6 Å². The molecular formula is C14H12F2N2O2. The van der Waals surface area contributed by atoms with Crippen molar-refractivity contribution in [2.45, 2.75) is 0 Å². The molecule has 2 rings (SSSR count). The second-order valence-corrected chi connectivity index (χ2v) is 4.07. The van der Waals surface area contributed by atoms with Crippen LogP contribution in [0.1, 0.15) is 10.4 Å². The highest BCUT2D eigenvalue weighted by Crippen LogP contribution is 2.23. The van der Waals surface area contributed by atoms with Crippen molar-refractivity contribution in [2.75, 3.05) is 18.2 Å². The summed E-state index contributed by atoms with van der Waals surface area (Å²) in [4.78, 5) is 12.1. The lowest BCUT2D eigenvalue weighted by molar-refractivity contribution is 0.102. The Kier molecular flexibility index (Phi) is 3.84. The number of methoxy groups -OCH3 is 1. The third-order valence-corrected chi connectivity index (χ3v) is 2.59. The van der Waals surface area contributed by atoms with Crippen molar-refractivity contribution >= 4 is 17.3 Å². The Hall–Kier alpha value is -2.63. The lowest BCUT2D eigenvalue weighted by atomic mass is 10.1. The molecule has 0 aliphatic rings. The van der Waals surface area contributed by atoms with Crippen molar-refractivity contribution in [3.05, 3.63) is 53.6 Å². The summed E-state index contributed by atoms with van der Waals surface area (Å²) in [6.45, 7) is 0. The van der Waals surface area contributed by atoms with Gasteiger partial charge in [0.2, 0.25) is 0 Å². The Bertz CT molecular complexity index is 639. The van der Waals surface area contributed by atoms with Crippen LogP contribution in [0.3, 0.4) is 0 Å². The fraction of sp³-hybridized carbons (Fsp3) is 0.0714. The van der Waals surface area contributed by atoms with Gasteiger partial charge >= 0.3 is 0 Å². The summed E-state index contributed by atoms with van der Waals surface area (Å²) >= 11 is 0. The van der Waals surface area contributed by atoms with E-state index >= 15 is 0 Å². The third-order valence-electron chi connectivity index (χ3n) is 2.59. The van der Waals surface area contributed by atoms with Crippen molar-refractivity contribution in [1.82, 2.24) is 0 Å². The van der Waals surface area contributed by atoms with Gasteiger partial charge in [0.15, 0.2) is 0 Å². The summed E-state index contributed by atoms with van der Waals surface area (Å²) in [5, 5.41) is 2.39. The molecule has 0 atom stereocenters. The fourth-order valence-electron chi connectivity index (χ4n) is 1.72. The molecule has 0 aliphatic heterocycles. The first-order chi connectivity index (χ1) is 9.49. The molecule has 20 heavy (non-hydrogen) atoms. The number of rotatable bonds is 3. The first-order valence-corrected chi connectivity index (χ1v) is 5.70. The zero-order valence-electron chi connectivity index (χ0n) is 10.6. The lowest BCUT2D eigenvalue weighted by Gasteiger charge is -2.10. The molecule has 0 unspecified atom stereocenters. The minimum absolute atomic E-state index is 0.0198.